The summed E-state index contributed by atoms with van der Waals surface area (Å²) in [6.45, 7) is -0.941. The Morgan fingerprint density at radius 2 is 1.00 bits per heavy atom. The maximum Gasteiger partial charge on any atom is 1.00 e. The van der Waals surface area contributed by atoms with Crippen LogP contribution in [0.5, 0.6) is 0 Å². The van der Waals surface area contributed by atoms with E-state index in [4.69, 9.17) is 0 Å². The van der Waals surface area contributed by atoms with Crippen molar-refractivity contribution < 1.29 is 84.3 Å². The summed E-state index contributed by atoms with van der Waals surface area (Å²) < 4.78 is 48.4. The van der Waals surface area contributed by atoms with Crippen molar-refractivity contribution in [1.82, 2.24) is 0 Å². The Morgan fingerprint density at radius 1 is 0.786 bits per heavy atom. The fourth-order valence-electron chi connectivity index (χ4n) is 0.272. The van der Waals surface area contributed by atoms with Gasteiger partial charge in [0.2, 0.25) is 0 Å². The molecular formula is C2H4Na2O6S4. The smallest absolute Gasteiger partial charge is 0.619 e. The summed E-state index contributed by atoms with van der Waals surface area (Å²) in [5.74, 6) is 0. The zero-order valence-electron chi connectivity index (χ0n) is 7.50. The molecule has 0 radical (unpaired) electrons. The van der Waals surface area contributed by atoms with E-state index in [9.17, 15) is 16.8 Å². The minimum absolute atomic E-state index is 0. The molecule has 14 heavy (non-hydrogen) atoms. The minimum Gasteiger partial charge on any atom is -0.619 e. The molecule has 0 saturated carbocycles. The summed E-state index contributed by atoms with van der Waals surface area (Å²) >= 11 is 7.62. The second-order valence-electron chi connectivity index (χ2n) is 1.46. The monoisotopic (exact) mass is 298 g/mol. The largest absolute Gasteiger partial charge is 1.00 e. The molecule has 0 aromatic carbocycles. The number of rotatable bonds is 5. The maximum atomic E-state index is 10.1. The fourth-order valence-corrected chi connectivity index (χ4v) is 1.22. The van der Waals surface area contributed by atoms with Crippen LogP contribution >= 0.6 is 0 Å². The molecule has 0 atom stereocenters. The van der Waals surface area contributed by atoms with Gasteiger partial charge in [0.15, 0.2) is 0 Å². The van der Waals surface area contributed by atoms with Crippen molar-refractivity contribution in [3.8, 4) is 0 Å². The van der Waals surface area contributed by atoms with E-state index in [1.54, 1.807) is 0 Å². The van der Waals surface area contributed by atoms with Crippen molar-refractivity contribution in [2.24, 2.45) is 0 Å². The SMILES string of the molecule is O=S(=O)([S-])OCCOS(=O)(=O)[S-].[Na+].[Na+]. The molecule has 12 heteroatoms. The summed E-state index contributed by atoms with van der Waals surface area (Å²) in [5, 5.41) is 0. The summed E-state index contributed by atoms with van der Waals surface area (Å²) in [6.07, 6.45) is 0. The third-order valence-corrected chi connectivity index (χ3v) is 2.03. The molecule has 0 spiro atoms. The van der Waals surface area contributed by atoms with E-state index in [0.717, 1.165) is 0 Å². The second kappa shape index (κ2) is 9.54. The maximum absolute atomic E-state index is 10.1. The van der Waals surface area contributed by atoms with E-state index >= 15 is 0 Å². The van der Waals surface area contributed by atoms with Crippen LogP contribution < -0.4 is 59.1 Å². The van der Waals surface area contributed by atoms with Gasteiger partial charge in [0, 0.05) is 0 Å². The average Bonchev–Trinajstić information content (AvgIpc) is 1.76. The number of hydrogen-bond acceptors (Lipinski definition) is 8. The molecule has 0 N–H and O–H groups in total. The minimum atomic E-state index is -3.97. The van der Waals surface area contributed by atoms with Crippen molar-refractivity contribution in [3.63, 3.8) is 0 Å². The van der Waals surface area contributed by atoms with Gasteiger partial charge in [-0.05, 0) is 0 Å². The van der Waals surface area contributed by atoms with E-state index in [2.05, 4.69) is 31.7 Å². The molecule has 0 aliphatic heterocycles. The van der Waals surface area contributed by atoms with E-state index in [0.29, 0.717) is 0 Å². The molecule has 6 nitrogen and oxygen atoms in total. The molecule has 0 rings (SSSR count). The van der Waals surface area contributed by atoms with Gasteiger partial charge in [-0.15, -0.1) is 0 Å². The Labute approximate surface area is 137 Å². The van der Waals surface area contributed by atoms with Gasteiger partial charge in [-0.2, -0.15) is 0 Å². The van der Waals surface area contributed by atoms with Crippen molar-refractivity contribution in [1.29, 1.82) is 0 Å². The van der Waals surface area contributed by atoms with Gasteiger partial charge >= 0.3 is 59.1 Å². The summed E-state index contributed by atoms with van der Waals surface area (Å²) in [7, 11) is -7.93. The molecule has 0 saturated heterocycles. The van der Waals surface area contributed by atoms with Crippen LogP contribution in [0.2, 0.25) is 0 Å². The normalized spacial score (nSPS) is 11.3. The Balaban J connectivity index is -0.000000605. The van der Waals surface area contributed by atoms with Crippen LogP contribution in [0, 0.1) is 0 Å². The molecule has 0 aromatic heterocycles. The van der Waals surface area contributed by atoms with Gasteiger partial charge in [-0.3, -0.25) is 8.37 Å². The molecule has 0 amide bonds. The van der Waals surface area contributed by atoms with Crippen LogP contribution in [0.25, 0.3) is 0 Å². The third kappa shape index (κ3) is 20.0. The van der Waals surface area contributed by atoms with Gasteiger partial charge in [0.25, 0.3) is 0 Å². The van der Waals surface area contributed by atoms with Crippen molar-refractivity contribution >= 4 is 41.6 Å². The summed E-state index contributed by atoms with van der Waals surface area (Å²) in [4.78, 5) is 0. The molecule has 0 unspecified atom stereocenters. The van der Waals surface area contributed by atoms with Crippen LogP contribution in [0.15, 0.2) is 0 Å². The zero-order valence-corrected chi connectivity index (χ0v) is 14.8. The predicted molar refractivity (Wildman–Crippen MR) is 44.5 cm³/mol. The van der Waals surface area contributed by atoms with E-state index in [-0.39, 0.29) is 59.1 Å². The number of hydrogen-bond donors (Lipinski definition) is 0. The van der Waals surface area contributed by atoms with E-state index in [1.165, 1.54) is 0 Å². The Kier molecular flexibility index (Phi) is 14.8. The summed E-state index contributed by atoms with van der Waals surface area (Å²) in [5.41, 5.74) is 0. The molecular weight excluding hydrogens is 294 g/mol. The van der Waals surface area contributed by atoms with Crippen LogP contribution in [-0.2, 0) is 50.0 Å². The summed E-state index contributed by atoms with van der Waals surface area (Å²) in [6, 6.07) is 0. The quantitative estimate of drug-likeness (QED) is 0.214. The molecule has 74 valence electrons. The first kappa shape index (κ1) is 21.8. The molecule has 0 aliphatic rings. The standard InChI is InChI=1S/C2H6O6S4.2Na/c3-11(4,9)7-1-2-8-12(5,6)10;;/h1-2H2,(H,3,4,9)(H,5,6,10);;/q;2*+1/p-2. The molecule has 0 fully saturated rings. The van der Waals surface area contributed by atoms with Crippen molar-refractivity contribution in [2.45, 2.75) is 0 Å². The second-order valence-corrected chi connectivity index (χ2v) is 6.01. The first-order valence-corrected chi connectivity index (χ1v) is 7.08. The van der Waals surface area contributed by atoms with Crippen molar-refractivity contribution in [2.75, 3.05) is 13.2 Å². The van der Waals surface area contributed by atoms with Crippen LogP contribution in [0.1, 0.15) is 0 Å². The van der Waals surface area contributed by atoms with Gasteiger partial charge in [-0.1, -0.05) is 0 Å². The Bertz CT molecular complexity index is 286. The van der Waals surface area contributed by atoms with Crippen LogP contribution in [-0.4, -0.2) is 30.0 Å². The molecule has 0 heterocycles. The van der Waals surface area contributed by atoms with Gasteiger partial charge in [0.05, 0.1) is 13.2 Å². The molecule has 0 aliphatic carbocycles. The Morgan fingerprint density at radius 3 is 1.14 bits per heavy atom. The molecule has 0 bridgehead atoms. The van der Waals surface area contributed by atoms with Gasteiger partial charge in [-0.25, -0.2) is 16.8 Å². The topological polar surface area (TPSA) is 86.7 Å². The van der Waals surface area contributed by atoms with E-state index < -0.39 is 31.5 Å². The third-order valence-electron chi connectivity index (χ3n) is 0.539. The van der Waals surface area contributed by atoms with Crippen LogP contribution in [0.3, 0.4) is 0 Å². The average molecular weight is 298 g/mol. The first-order valence-electron chi connectivity index (χ1n) is 2.41. The van der Waals surface area contributed by atoms with Crippen LogP contribution in [0.4, 0.5) is 0 Å². The van der Waals surface area contributed by atoms with E-state index in [1.807, 2.05) is 0 Å². The Hall–Kier alpha value is 2.52. The predicted octanol–water partition coefficient (Wildman–Crippen LogP) is -7.39. The van der Waals surface area contributed by atoms with Gasteiger partial charge < -0.3 is 23.3 Å². The fraction of sp³-hybridized carbons (Fsp3) is 1.00. The zero-order chi connectivity index (χ0) is 9.83. The first-order chi connectivity index (χ1) is 5.21. The van der Waals surface area contributed by atoms with Gasteiger partial charge in [0.1, 0.15) is 18.3 Å². The van der Waals surface area contributed by atoms with Crippen molar-refractivity contribution in [3.05, 3.63) is 0 Å². The molecule has 0 aromatic rings.